The van der Waals surface area contributed by atoms with Crippen molar-refractivity contribution in [2.24, 2.45) is 10.9 Å². The van der Waals surface area contributed by atoms with E-state index in [-0.39, 0.29) is 11.0 Å². The van der Waals surface area contributed by atoms with E-state index >= 15 is 0 Å². The van der Waals surface area contributed by atoms with Gasteiger partial charge in [0.15, 0.2) is 12.4 Å². The minimum atomic E-state index is -1.42. The molecule has 0 amide bonds. The molecule has 1 aliphatic rings. The maximum Gasteiger partial charge on any atom is 0.214 e. The van der Waals surface area contributed by atoms with Crippen molar-refractivity contribution in [2.45, 2.75) is 24.6 Å². The van der Waals surface area contributed by atoms with Crippen molar-refractivity contribution in [3.05, 3.63) is 65.4 Å². The molecule has 4 nitrogen and oxygen atoms in total. The molecule has 4 atom stereocenters. The van der Waals surface area contributed by atoms with Crippen molar-refractivity contribution in [1.29, 1.82) is 5.26 Å². The lowest BCUT2D eigenvalue weighted by atomic mass is 9.75. The fourth-order valence-electron chi connectivity index (χ4n) is 3.30. The number of benzene rings is 1. The van der Waals surface area contributed by atoms with Crippen LogP contribution in [-0.4, -0.2) is 15.9 Å². The van der Waals surface area contributed by atoms with E-state index in [4.69, 9.17) is 24.2 Å². The van der Waals surface area contributed by atoms with Crippen LogP contribution in [0.15, 0.2) is 59.9 Å². The molecule has 2 heterocycles. The molecule has 1 aromatic carbocycles. The molecule has 6 heteroatoms. The Labute approximate surface area is 151 Å². The highest BCUT2D eigenvalue weighted by Gasteiger charge is 2.51. The van der Waals surface area contributed by atoms with E-state index in [0.29, 0.717) is 5.02 Å². The summed E-state index contributed by atoms with van der Waals surface area (Å²) in [6.07, 6.45) is 3.72. The SMILES string of the molecule is C[C@]1(O)N=C([S-])[C@H](C#N)[C@H](c2ccc(Cl)cc2)[C@@H]1[n+]1ccccc1. The van der Waals surface area contributed by atoms with Gasteiger partial charge in [0.1, 0.15) is 0 Å². The average Bonchev–Trinajstić information content (AvgIpc) is 2.55. The first-order valence-corrected chi connectivity index (χ1v) is 8.32. The van der Waals surface area contributed by atoms with E-state index in [0.717, 1.165) is 5.56 Å². The maximum atomic E-state index is 10.9. The molecule has 0 spiro atoms. The van der Waals surface area contributed by atoms with Crippen molar-refractivity contribution < 1.29 is 9.67 Å². The van der Waals surface area contributed by atoms with Crippen LogP contribution in [0.25, 0.3) is 0 Å². The Balaban J connectivity index is 2.20. The number of halogens is 1. The topological polar surface area (TPSA) is 60.3 Å². The van der Waals surface area contributed by atoms with Crippen LogP contribution in [0.1, 0.15) is 24.4 Å². The van der Waals surface area contributed by atoms with Crippen LogP contribution in [0.3, 0.4) is 0 Å². The molecule has 0 unspecified atom stereocenters. The zero-order chi connectivity index (χ0) is 17.3. The second kappa shape index (κ2) is 6.48. The molecule has 24 heavy (non-hydrogen) atoms. The second-order valence-electron chi connectivity index (χ2n) is 6.00. The number of rotatable bonds is 2. The number of nitriles is 1. The number of pyridine rings is 1. The summed E-state index contributed by atoms with van der Waals surface area (Å²) in [5, 5.41) is 21.5. The van der Waals surface area contributed by atoms with Crippen molar-refractivity contribution in [3.63, 3.8) is 0 Å². The summed E-state index contributed by atoms with van der Waals surface area (Å²) in [5.41, 5.74) is -0.523. The highest BCUT2D eigenvalue weighted by atomic mass is 35.5. The summed E-state index contributed by atoms with van der Waals surface area (Å²) in [6, 6.07) is 14.8. The standard InChI is InChI=1S/C18H16ClN3OS/c1-18(23)16(22-9-3-2-4-10-22)15(14(11-20)17(24)21-18)12-5-7-13(19)8-6-12/h2-10,14-16,23H,1H3/t14-,15+,16+,18-/m1/s1. The molecule has 0 fully saturated rings. The molecular weight excluding hydrogens is 342 g/mol. The third-order valence-electron chi connectivity index (χ3n) is 4.32. The number of aromatic nitrogens is 1. The first-order chi connectivity index (χ1) is 11.4. The van der Waals surface area contributed by atoms with Gasteiger partial charge in [0.05, 0.1) is 17.9 Å². The van der Waals surface area contributed by atoms with Gasteiger partial charge in [-0.1, -0.05) is 34.8 Å². The van der Waals surface area contributed by atoms with Gasteiger partial charge < -0.3 is 17.7 Å². The molecule has 2 aromatic rings. The number of aliphatic hydroxyl groups is 1. The molecule has 1 aliphatic heterocycles. The lowest BCUT2D eigenvalue weighted by molar-refractivity contribution is -0.741. The van der Waals surface area contributed by atoms with Crippen LogP contribution >= 0.6 is 11.6 Å². The van der Waals surface area contributed by atoms with Gasteiger partial charge in [-0.05, 0) is 24.6 Å². The maximum absolute atomic E-state index is 10.9. The molecule has 1 N–H and O–H groups in total. The van der Waals surface area contributed by atoms with Crippen LogP contribution in [-0.2, 0) is 12.6 Å². The van der Waals surface area contributed by atoms with E-state index < -0.39 is 17.7 Å². The van der Waals surface area contributed by atoms with Gasteiger partial charge in [0.25, 0.3) is 0 Å². The number of aliphatic imine (C=N–C) groups is 1. The summed E-state index contributed by atoms with van der Waals surface area (Å²) < 4.78 is 1.88. The Hall–Kier alpha value is -2.00. The van der Waals surface area contributed by atoms with E-state index in [1.165, 1.54) is 0 Å². The zero-order valence-corrected chi connectivity index (χ0v) is 14.6. The Kier molecular flexibility index (Phi) is 4.55. The summed E-state index contributed by atoms with van der Waals surface area (Å²) in [6.45, 7) is 1.63. The Morgan fingerprint density at radius 1 is 1.25 bits per heavy atom. The van der Waals surface area contributed by atoms with Crippen molar-refractivity contribution in [3.8, 4) is 6.07 Å². The van der Waals surface area contributed by atoms with E-state index in [2.05, 4.69) is 11.1 Å². The molecular formula is C18H16ClN3OS. The summed E-state index contributed by atoms with van der Waals surface area (Å²) in [5.74, 6) is -0.932. The summed E-state index contributed by atoms with van der Waals surface area (Å²) in [7, 11) is 0. The Morgan fingerprint density at radius 2 is 1.88 bits per heavy atom. The molecule has 0 bridgehead atoms. The normalized spacial score (nSPS) is 29.6. The van der Waals surface area contributed by atoms with Gasteiger partial charge in [-0.3, -0.25) is 4.99 Å². The van der Waals surface area contributed by atoms with Gasteiger partial charge in [0.2, 0.25) is 11.8 Å². The largest absolute Gasteiger partial charge is 0.764 e. The Morgan fingerprint density at radius 3 is 2.46 bits per heavy atom. The number of hydrogen-bond acceptors (Lipinski definition) is 4. The minimum absolute atomic E-state index is 0.232. The van der Waals surface area contributed by atoms with Crippen LogP contribution in [0, 0.1) is 17.2 Å². The van der Waals surface area contributed by atoms with E-state index in [9.17, 15) is 10.4 Å². The van der Waals surface area contributed by atoms with Gasteiger partial charge in [0, 0.05) is 17.2 Å². The third kappa shape index (κ3) is 3.01. The van der Waals surface area contributed by atoms with Gasteiger partial charge in [-0.2, -0.15) is 9.83 Å². The number of hydrogen-bond donors (Lipinski definition) is 1. The third-order valence-corrected chi connectivity index (χ3v) is 4.91. The molecule has 0 saturated carbocycles. The van der Waals surface area contributed by atoms with Crippen LogP contribution in [0.2, 0.25) is 5.02 Å². The monoisotopic (exact) mass is 357 g/mol. The van der Waals surface area contributed by atoms with Crippen molar-refractivity contribution >= 4 is 29.3 Å². The molecule has 1 aromatic heterocycles. The van der Waals surface area contributed by atoms with E-state index in [1.807, 2.05) is 47.3 Å². The smallest absolute Gasteiger partial charge is 0.214 e. The highest BCUT2D eigenvalue weighted by Crippen LogP contribution is 2.43. The highest BCUT2D eigenvalue weighted by molar-refractivity contribution is 7.77. The van der Waals surface area contributed by atoms with Crippen LogP contribution in [0.5, 0.6) is 0 Å². The second-order valence-corrected chi connectivity index (χ2v) is 6.85. The first-order valence-electron chi connectivity index (χ1n) is 7.54. The predicted molar refractivity (Wildman–Crippen MR) is 94.4 cm³/mol. The van der Waals surface area contributed by atoms with Crippen LogP contribution in [0.4, 0.5) is 0 Å². The lowest BCUT2D eigenvalue weighted by Crippen LogP contribution is -2.58. The van der Waals surface area contributed by atoms with Crippen LogP contribution < -0.4 is 4.57 Å². The lowest BCUT2D eigenvalue weighted by Gasteiger charge is -2.41. The fourth-order valence-corrected chi connectivity index (χ4v) is 3.81. The quantitative estimate of drug-likeness (QED) is 0.664. The molecule has 3 rings (SSSR count). The molecule has 0 saturated heterocycles. The van der Waals surface area contributed by atoms with Crippen molar-refractivity contribution in [2.75, 3.05) is 0 Å². The van der Waals surface area contributed by atoms with Gasteiger partial charge in [-0.25, -0.2) is 0 Å². The van der Waals surface area contributed by atoms with Gasteiger partial charge in [-0.15, -0.1) is 0 Å². The van der Waals surface area contributed by atoms with Gasteiger partial charge >= 0.3 is 0 Å². The first kappa shape index (κ1) is 16.8. The zero-order valence-electron chi connectivity index (χ0n) is 13.0. The minimum Gasteiger partial charge on any atom is -0.764 e. The van der Waals surface area contributed by atoms with E-state index in [1.54, 1.807) is 19.1 Å². The molecule has 0 radical (unpaired) electrons. The summed E-state index contributed by atoms with van der Waals surface area (Å²) in [4.78, 5) is 4.24. The Bertz CT molecular complexity index is 799. The molecule has 0 aliphatic carbocycles. The molecule has 122 valence electrons. The van der Waals surface area contributed by atoms with Crippen molar-refractivity contribution in [1.82, 2.24) is 0 Å². The number of nitrogens with zero attached hydrogens (tertiary/aromatic N) is 3. The fraction of sp³-hybridized carbons (Fsp3) is 0.278. The predicted octanol–water partition coefficient (Wildman–Crippen LogP) is 2.76. The average molecular weight is 358 g/mol. The summed E-state index contributed by atoms with van der Waals surface area (Å²) >= 11 is 11.3.